The van der Waals surface area contributed by atoms with Gasteiger partial charge < -0.3 is 9.88 Å². The fourth-order valence-corrected chi connectivity index (χ4v) is 2.44. The lowest BCUT2D eigenvalue weighted by Gasteiger charge is -2.10. The Balaban J connectivity index is 2.36. The summed E-state index contributed by atoms with van der Waals surface area (Å²) in [5.41, 5.74) is 3.31. The highest BCUT2D eigenvalue weighted by molar-refractivity contribution is 6.17. The molecule has 0 unspecified atom stereocenters. The summed E-state index contributed by atoms with van der Waals surface area (Å²) in [5.74, 6) is 1.51. The van der Waals surface area contributed by atoms with Crippen LogP contribution in [0.15, 0.2) is 18.2 Å². The minimum absolute atomic E-state index is 0.0139. The van der Waals surface area contributed by atoms with Gasteiger partial charge in [0.05, 0.1) is 11.0 Å². The van der Waals surface area contributed by atoms with Crippen LogP contribution in [-0.4, -0.2) is 27.9 Å². The summed E-state index contributed by atoms with van der Waals surface area (Å²) in [6.07, 6.45) is 0.732. The third kappa shape index (κ3) is 3.07. The number of hydrogen-bond donors (Lipinski definition) is 1. The number of hydrogen-bond acceptors (Lipinski definition) is 2. The number of aromatic nitrogens is 2. The van der Waals surface area contributed by atoms with Crippen LogP contribution in [0.5, 0.6) is 0 Å². The van der Waals surface area contributed by atoms with E-state index in [-0.39, 0.29) is 5.91 Å². The molecule has 2 rings (SSSR count). The topological polar surface area (TPSA) is 46.9 Å². The number of aryl methyl sites for hydroxylation is 2. The first-order valence-corrected chi connectivity index (χ1v) is 6.92. The van der Waals surface area contributed by atoms with Crippen LogP contribution in [0, 0.1) is 6.92 Å². The van der Waals surface area contributed by atoms with Gasteiger partial charge in [-0.3, -0.25) is 4.79 Å². The molecule has 1 aromatic carbocycles. The maximum absolute atomic E-state index is 11.0. The number of halogens is 1. The van der Waals surface area contributed by atoms with E-state index in [2.05, 4.69) is 27.9 Å². The normalized spacial score (nSPS) is 10.9. The Kier molecular flexibility index (Phi) is 4.43. The van der Waals surface area contributed by atoms with E-state index in [0.29, 0.717) is 19.0 Å². The monoisotopic (exact) mass is 279 g/mol. The number of nitrogens with zero attached hydrogens (tertiary/aromatic N) is 2. The standard InChI is InChI=1S/C14H18ClN3O/c1-10-4-3-5-12-14(10)18(9-8-16-11(2)19)13(17-12)6-7-15/h3-5H,6-9H2,1-2H3,(H,16,19). The van der Waals surface area contributed by atoms with Crippen LogP contribution in [0.2, 0.25) is 0 Å². The SMILES string of the molecule is CC(=O)NCCn1c(CCCl)nc2cccc(C)c21. The molecule has 102 valence electrons. The first-order chi connectivity index (χ1) is 9.13. The van der Waals surface area contributed by atoms with Crippen molar-refractivity contribution in [3.63, 3.8) is 0 Å². The fourth-order valence-electron chi connectivity index (χ4n) is 2.27. The Bertz CT molecular complexity index is 592. The molecular weight excluding hydrogens is 262 g/mol. The summed E-state index contributed by atoms with van der Waals surface area (Å²) in [4.78, 5) is 15.6. The Morgan fingerprint density at radius 3 is 2.95 bits per heavy atom. The number of alkyl halides is 1. The molecule has 0 spiro atoms. The maximum Gasteiger partial charge on any atom is 0.216 e. The number of para-hydroxylation sites is 1. The lowest BCUT2D eigenvalue weighted by Crippen LogP contribution is -2.25. The number of fused-ring (bicyclic) bond motifs is 1. The van der Waals surface area contributed by atoms with E-state index in [1.807, 2.05) is 12.1 Å². The van der Waals surface area contributed by atoms with Gasteiger partial charge in [0.2, 0.25) is 5.91 Å². The number of imidazole rings is 1. The van der Waals surface area contributed by atoms with E-state index in [1.165, 1.54) is 12.5 Å². The minimum Gasteiger partial charge on any atom is -0.355 e. The van der Waals surface area contributed by atoms with E-state index in [9.17, 15) is 4.79 Å². The summed E-state index contributed by atoms with van der Waals surface area (Å²) >= 11 is 5.84. The van der Waals surface area contributed by atoms with Crippen LogP contribution in [-0.2, 0) is 17.8 Å². The molecular formula is C14H18ClN3O. The number of rotatable bonds is 5. The second-order valence-electron chi connectivity index (χ2n) is 4.54. The maximum atomic E-state index is 11.0. The molecule has 0 fully saturated rings. The minimum atomic E-state index is -0.0139. The summed E-state index contributed by atoms with van der Waals surface area (Å²) in [6.45, 7) is 4.91. The van der Waals surface area contributed by atoms with Gasteiger partial charge in [-0.1, -0.05) is 12.1 Å². The van der Waals surface area contributed by atoms with Crippen molar-refractivity contribution in [2.45, 2.75) is 26.8 Å². The molecule has 0 bridgehead atoms. The van der Waals surface area contributed by atoms with Crippen molar-refractivity contribution in [1.29, 1.82) is 0 Å². The molecule has 1 amide bonds. The summed E-state index contributed by atoms with van der Waals surface area (Å²) < 4.78 is 2.16. The van der Waals surface area contributed by atoms with Gasteiger partial charge in [-0.25, -0.2) is 4.98 Å². The Hall–Kier alpha value is -1.55. The highest BCUT2D eigenvalue weighted by Crippen LogP contribution is 2.20. The van der Waals surface area contributed by atoms with Gasteiger partial charge in [0, 0.05) is 32.3 Å². The fraction of sp³-hybridized carbons (Fsp3) is 0.429. The largest absolute Gasteiger partial charge is 0.355 e. The first kappa shape index (κ1) is 13.9. The van der Waals surface area contributed by atoms with Crippen LogP contribution < -0.4 is 5.32 Å². The Labute approximate surface area is 117 Å². The number of carbonyl (C=O) groups excluding carboxylic acids is 1. The summed E-state index contributed by atoms with van der Waals surface area (Å²) in [6, 6.07) is 6.09. The van der Waals surface area contributed by atoms with Gasteiger partial charge in [0.25, 0.3) is 0 Å². The van der Waals surface area contributed by atoms with Gasteiger partial charge in [0.15, 0.2) is 0 Å². The second kappa shape index (κ2) is 6.06. The number of benzene rings is 1. The molecule has 2 aromatic rings. The second-order valence-corrected chi connectivity index (χ2v) is 4.92. The van der Waals surface area contributed by atoms with Crippen molar-refractivity contribution in [3.8, 4) is 0 Å². The number of amides is 1. The zero-order valence-electron chi connectivity index (χ0n) is 11.2. The molecule has 0 atom stereocenters. The van der Waals surface area contributed by atoms with Crippen LogP contribution in [0.4, 0.5) is 0 Å². The average molecular weight is 280 g/mol. The van der Waals surface area contributed by atoms with E-state index in [1.54, 1.807) is 0 Å². The Morgan fingerprint density at radius 2 is 2.26 bits per heavy atom. The van der Waals surface area contributed by atoms with Crippen molar-refractivity contribution in [2.24, 2.45) is 0 Å². The third-order valence-corrected chi connectivity index (χ3v) is 3.26. The third-order valence-electron chi connectivity index (χ3n) is 3.07. The molecule has 0 saturated heterocycles. The molecule has 1 N–H and O–H groups in total. The van der Waals surface area contributed by atoms with Gasteiger partial charge in [-0.05, 0) is 18.6 Å². The average Bonchev–Trinajstić information content (AvgIpc) is 2.69. The molecule has 0 saturated carbocycles. The predicted molar refractivity (Wildman–Crippen MR) is 77.6 cm³/mol. The van der Waals surface area contributed by atoms with Crippen molar-refractivity contribution >= 4 is 28.5 Å². The molecule has 4 nitrogen and oxygen atoms in total. The van der Waals surface area contributed by atoms with E-state index in [0.717, 1.165) is 23.3 Å². The van der Waals surface area contributed by atoms with Crippen LogP contribution >= 0.6 is 11.6 Å². The summed E-state index contributed by atoms with van der Waals surface area (Å²) in [7, 11) is 0. The highest BCUT2D eigenvalue weighted by Gasteiger charge is 2.11. The van der Waals surface area contributed by atoms with E-state index < -0.39 is 0 Å². The summed E-state index contributed by atoms with van der Waals surface area (Å²) in [5, 5.41) is 2.82. The molecule has 0 aliphatic carbocycles. The van der Waals surface area contributed by atoms with Gasteiger partial charge >= 0.3 is 0 Å². The zero-order valence-corrected chi connectivity index (χ0v) is 12.0. The molecule has 5 heteroatoms. The lowest BCUT2D eigenvalue weighted by atomic mass is 10.2. The van der Waals surface area contributed by atoms with Crippen molar-refractivity contribution < 1.29 is 4.79 Å². The van der Waals surface area contributed by atoms with Gasteiger partial charge in [-0.15, -0.1) is 11.6 Å². The molecule has 0 aliphatic heterocycles. The van der Waals surface area contributed by atoms with Gasteiger partial charge in [0.1, 0.15) is 5.82 Å². The molecule has 0 aliphatic rings. The molecule has 1 heterocycles. The van der Waals surface area contributed by atoms with Crippen molar-refractivity contribution in [3.05, 3.63) is 29.6 Å². The molecule has 19 heavy (non-hydrogen) atoms. The highest BCUT2D eigenvalue weighted by atomic mass is 35.5. The zero-order chi connectivity index (χ0) is 13.8. The number of nitrogens with one attached hydrogen (secondary N) is 1. The first-order valence-electron chi connectivity index (χ1n) is 6.38. The quantitative estimate of drug-likeness (QED) is 0.854. The van der Waals surface area contributed by atoms with Crippen LogP contribution in [0.3, 0.4) is 0 Å². The van der Waals surface area contributed by atoms with Crippen LogP contribution in [0.1, 0.15) is 18.3 Å². The van der Waals surface area contributed by atoms with Gasteiger partial charge in [-0.2, -0.15) is 0 Å². The molecule has 0 radical (unpaired) electrons. The lowest BCUT2D eigenvalue weighted by molar-refractivity contribution is -0.118. The van der Waals surface area contributed by atoms with Crippen LogP contribution in [0.25, 0.3) is 11.0 Å². The van der Waals surface area contributed by atoms with E-state index >= 15 is 0 Å². The predicted octanol–water partition coefficient (Wildman–Crippen LogP) is 2.26. The smallest absolute Gasteiger partial charge is 0.216 e. The Morgan fingerprint density at radius 1 is 1.47 bits per heavy atom. The van der Waals surface area contributed by atoms with Crippen molar-refractivity contribution in [1.82, 2.24) is 14.9 Å². The van der Waals surface area contributed by atoms with E-state index in [4.69, 9.17) is 11.6 Å². The van der Waals surface area contributed by atoms with Crippen molar-refractivity contribution in [2.75, 3.05) is 12.4 Å². The molecule has 1 aromatic heterocycles. The number of carbonyl (C=O) groups is 1.